The van der Waals surface area contributed by atoms with E-state index < -0.39 is 11.9 Å². The van der Waals surface area contributed by atoms with Gasteiger partial charge in [0.1, 0.15) is 5.75 Å². The SMILES string of the molecule is COc1ccc(C(=O)Oc2ccc(C(=O)CNC(C)(C)C)cc2OC(=O)c2ccccc2)cc1. The molecule has 0 bridgehead atoms. The molecular formula is C27H27NO6. The van der Waals surface area contributed by atoms with Crippen LogP contribution in [0.3, 0.4) is 0 Å². The number of nitrogens with one attached hydrogen (secondary N) is 1. The Morgan fingerprint density at radius 2 is 1.29 bits per heavy atom. The minimum absolute atomic E-state index is 0.0189. The molecule has 0 heterocycles. The summed E-state index contributed by atoms with van der Waals surface area (Å²) in [5.74, 6) is -0.892. The lowest BCUT2D eigenvalue weighted by molar-refractivity contribution is 0.0682. The van der Waals surface area contributed by atoms with E-state index in [1.165, 1.54) is 25.3 Å². The Morgan fingerprint density at radius 1 is 0.735 bits per heavy atom. The monoisotopic (exact) mass is 461 g/mol. The zero-order valence-electron chi connectivity index (χ0n) is 19.6. The van der Waals surface area contributed by atoms with Gasteiger partial charge in [-0.3, -0.25) is 4.79 Å². The lowest BCUT2D eigenvalue weighted by atomic mass is 10.1. The molecule has 1 N–H and O–H groups in total. The third-order valence-electron chi connectivity index (χ3n) is 4.79. The van der Waals surface area contributed by atoms with Crippen LogP contribution in [0.4, 0.5) is 0 Å². The fraction of sp³-hybridized carbons (Fsp3) is 0.222. The number of benzene rings is 3. The molecule has 7 heteroatoms. The first-order chi connectivity index (χ1) is 16.2. The van der Waals surface area contributed by atoms with Crippen molar-refractivity contribution in [2.45, 2.75) is 26.3 Å². The van der Waals surface area contributed by atoms with Crippen molar-refractivity contribution < 1.29 is 28.6 Å². The standard InChI is InChI=1S/C27H27NO6/c1-27(2,3)28-17-22(29)20-12-15-23(33-26(31)19-10-13-21(32-4)14-11-19)24(16-20)34-25(30)18-8-6-5-7-9-18/h5-16,28H,17H2,1-4H3. The molecule has 34 heavy (non-hydrogen) atoms. The number of Topliss-reactive ketones (excluding diaryl/α,β-unsaturated/α-hetero) is 1. The van der Waals surface area contributed by atoms with Crippen molar-refractivity contribution in [1.82, 2.24) is 5.32 Å². The predicted octanol–water partition coefficient (Wildman–Crippen LogP) is 4.70. The van der Waals surface area contributed by atoms with Crippen molar-refractivity contribution in [1.29, 1.82) is 0 Å². The van der Waals surface area contributed by atoms with E-state index in [4.69, 9.17) is 14.2 Å². The van der Waals surface area contributed by atoms with Gasteiger partial charge < -0.3 is 19.5 Å². The van der Waals surface area contributed by atoms with Gasteiger partial charge >= 0.3 is 11.9 Å². The molecule has 0 saturated heterocycles. The highest BCUT2D eigenvalue weighted by Gasteiger charge is 2.20. The topological polar surface area (TPSA) is 90.9 Å². The van der Waals surface area contributed by atoms with Gasteiger partial charge in [-0.2, -0.15) is 0 Å². The Balaban J connectivity index is 1.87. The van der Waals surface area contributed by atoms with E-state index in [1.807, 2.05) is 20.8 Å². The molecule has 0 saturated carbocycles. The second kappa shape index (κ2) is 10.8. The molecule has 0 unspecified atom stereocenters. The smallest absolute Gasteiger partial charge is 0.343 e. The first-order valence-corrected chi connectivity index (χ1v) is 10.7. The van der Waals surface area contributed by atoms with Crippen LogP contribution < -0.4 is 19.5 Å². The van der Waals surface area contributed by atoms with Gasteiger partial charge in [-0.15, -0.1) is 0 Å². The third kappa shape index (κ3) is 6.76. The number of hydrogen-bond acceptors (Lipinski definition) is 7. The van der Waals surface area contributed by atoms with Gasteiger partial charge in [0.05, 0.1) is 24.8 Å². The van der Waals surface area contributed by atoms with Crippen LogP contribution >= 0.6 is 0 Å². The average Bonchev–Trinajstić information content (AvgIpc) is 2.83. The summed E-state index contributed by atoms with van der Waals surface area (Å²) in [7, 11) is 1.53. The van der Waals surface area contributed by atoms with Gasteiger partial charge in [0, 0.05) is 11.1 Å². The molecule has 0 aromatic heterocycles. The average molecular weight is 462 g/mol. The Morgan fingerprint density at radius 3 is 1.88 bits per heavy atom. The normalized spacial score (nSPS) is 10.9. The van der Waals surface area contributed by atoms with Crippen LogP contribution in [0, 0.1) is 0 Å². The number of ketones is 1. The second-order valence-corrected chi connectivity index (χ2v) is 8.56. The van der Waals surface area contributed by atoms with Gasteiger partial charge in [-0.1, -0.05) is 18.2 Å². The van der Waals surface area contributed by atoms with Crippen LogP contribution in [-0.2, 0) is 0 Å². The Hall–Kier alpha value is -3.97. The minimum atomic E-state index is -0.645. The lowest BCUT2D eigenvalue weighted by Crippen LogP contribution is -2.39. The molecule has 0 aliphatic heterocycles. The highest BCUT2D eigenvalue weighted by Crippen LogP contribution is 2.30. The maximum absolute atomic E-state index is 12.7. The maximum Gasteiger partial charge on any atom is 0.343 e. The van der Waals surface area contributed by atoms with E-state index in [-0.39, 0.29) is 34.9 Å². The van der Waals surface area contributed by atoms with Gasteiger partial charge in [0.25, 0.3) is 0 Å². The quantitative estimate of drug-likeness (QED) is 0.295. The van der Waals surface area contributed by atoms with E-state index in [9.17, 15) is 14.4 Å². The van der Waals surface area contributed by atoms with Crippen molar-refractivity contribution in [3.8, 4) is 17.2 Å². The van der Waals surface area contributed by atoms with E-state index >= 15 is 0 Å². The summed E-state index contributed by atoms with van der Waals surface area (Å²) in [5, 5.41) is 3.13. The summed E-state index contributed by atoms with van der Waals surface area (Å²) >= 11 is 0. The molecule has 176 valence electrons. The molecule has 0 spiro atoms. The Bertz CT molecular complexity index is 1160. The number of ether oxygens (including phenoxy) is 3. The molecular weight excluding hydrogens is 434 g/mol. The lowest BCUT2D eigenvalue weighted by Gasteiger charge is -2.20. The minimum Gasteiger partial charge on any atom is -0.497 e. The first-order valence-electron chi connectivity index (χ1n) is 10.7. The third-order valence-corrected chi connectivity index (χ3v) is 4.79. The summed E-state index contributed by atoms with van der Waals surface area (Å²) in [4.78, 5) is 38.0. The molecule has 0 amide bonds. The molecule has 0 atom stereocenters. The van der Waals surface area contributed by atoms with E-state index in [2.05, 4.69) is 5.32 Å². The number of hydrogen-bond donors (Lipinski definition) is 1. The fourth-order valence-corrected chi connectivity index (χ4v) is 2.91. The van der Waals surface area contributed by atoms with Crippen LogP contribution in [0.2, 0.25) is 0 Å². The Labute approximate surface area is 198 Å². The van der Waals surface area contributed by atoms with Crippen LogP contribution in [-0.4, -0.2) is 36.9 Å². The highest BCUT2D eigenvalue weighted by atomic mass is 16.6. The number of methoxy groups -OCH3 is 1. The summed E-state index contributed by atoms with van der Waals surface area (Å²) in [5.41, 5.74) is 0.681. The van der Waals surface area contributed by atoms with Crippen LogP contribution in [0.5, 0.6) is 17.2 Å². The van der Waals surface area contributed by atoms with Crippen LogP contribution in [0.1, 0.15) is 51.8 Å². The van der Waals surface area contributed by atoms with E-state index in [0.29, 0.717) is 16.9 Å². The summed E-state index contributed by atoms with van der Waals surface area (Å²) < 4.78 is 16.1. The summed E-state index contributed by atoms with van der Waals surface area (Å²) in [6.45, 7) is 5.96. The molecule has 3 rings (SSSR count). The van der Waals surface area contributed by atoms with Crippen LogP contribution in [0.25, 0.3) is 0 Å². The summed E-state index contributed by atoms with van der Waals surface area (Å²) in [6.07, 6.45) is 0. The Kier molecular flexibility index (Phi) is 7.81. The van der Waals surface area contributed by atoms with Crippen molar-refractivity contribution in [2.24, 2.45) is 0 Å². The molecule has 0 fully saturated rings. The van der Waals surface area contributed by atoms with Gasteiger partial charge in [0.15, 0.2) is 17.3 Å². The fourth-order valence-electron chi connectivity index (χ4n) is 2.91. The number of esters is 2. The number of carbonyl (C=O) groups excluding carboxylic acids is 3. The van der Waals surface area contributed by atoms with Crippen molar-refractivity contribution >= 4 is 17.7 Å². The highest BCUT2D eigenvalue weighted by molar-refractivity contribution is 5.99. The van der Waals surface area contributed by atoms with Crippen LogP contribution in [0.15, 0.2) is 72.8 Å². The predicted molar refractivity (Wildman–Crippen MR) is 128 cm³/mol. The summed E-state index contributed by atoms with van der Waals surface area (Å²) in [6, 6.07) is 19.2. The van der Waals surface area contributed by atoms with Gasteiger partial charge in [-0.25, -0.2) is 9.59 Å². The van der Waals surface area contributed by atoms with Gasteiger partial charge in [0.2, 0.25) is 0 Å². The largest absolute Gasteiger partial charge is 0.497 e. The van der Waals surface area contributed by atoms with Gasteiger partial charge in [-0.05, 0) is 75.4 Å². The van der Waals surface area contributed by atoms with E-state index in [1.54, 1.807) is 54.6 Å². The maximum atomic E-state index is 12.7. The zero-order valence-corrected chi connectivity index (χ0v) is 19.6. The molecule has 7 nitrogen and oxygen atoms in total. The van der Waals surface area contributed by atoms with E-state index in [0.717, 1.165) is 0 Å². The van der Waals surface area contributed by atoms with Crippen molar-refractivity contribution in [2.75, 3.05) is 13.7 Å². The number of carbonyl (C=O) groups is 3. The molecule has 0 radical (unpaired) electrons. The molecule has 3 aromatic carbocycles. The molecule has 0 aliphatic carbocycles. The van der Waals surface area contributed by atoms with Crippen molar-refractivity contribution in [3.63, 3.8) is 0 Å². The zero-order chi connectivity index (χ0) is 24.7. The van der Waals surface area contributed by atoms with Crippen molar-refractivity contribution in [3.05, 3.63) is 89.5 Å². The molecule has 0 aliphatic rings. The number of rotatable bonds is 8. The molecule has 3 aromatic rings. The second-order valence-electron chi connectivity index (χ2n) is 8.56. The first kappa shape index (κ1) is 24.7.